The number of rotatable bonds is 1. The lowest BCUT2D eigenvalue weighted by molar-refractivity contribution is 1.11. The molecule has 3 nitrogen and oxygen atoms in total. The molecule has 0 unspecified atom stereocenters. The van der Waals surface area contributed by atoms with Gasteiger partial charge in [0.25, 0.3) is 0 Å². The zero-order valence-electron chi connectivity index (χ0n) is 8.97. The molecule has 0 bridgehead atoms. The average molecular weight is 244 g/mol. The Morgan fingerprint density at radius 3 is 2.59 bits per heavy atom. The highest BCUT2D eigenvalue weighted by Gasteiger charge is 2.09. The van der Waals surface area contributed by atoms with E-state index in [1.165, 1.54) is 0 Å². The molecule has 17 heavy (non-hydrogen) atoms. The van der Waals surface area contributed by atoms with Gasteiger partial charge in [-0.2, -0.15) is 0 Å². The average Bonchev–Trinajstić information content (AvgIpc) is 2.65. The van der Waals surface area contributed by atoms with Crippen LogP contribution in [0.25, 0.3) is 16.7 Å². The molecule has 2 N–H and O–H groups in total. The fourth-order valence-corrected chi connectivity index (χ4v) is 2.09. The van der Waals surface area contributed by atoms with Gasteiger partial charge in [-0.05, 0) is 30.3 Å². The van der Waals surface area contributed by atoms with Crippen LogP contribution in [0.3, 0.4) is 0 Å². The predicted octanol–water partition coefficient (Wildman–Crippen LogP) is 3.26. The number of hydrogen-bond donors (Lipinski definition) is 1. The van der Waals surface area contributed by atoms with Crippen molar-refractivity contribution in [2.24, 2.45) is 0 Å². The van der Waals surface area contributed by atoms with Crippen molar-refractivity contribution in [3.8, 4) is 5.69 Å². The van der Waals surface area contributed by atoms with Gasteiger partial charge in [-0.15, -0.1) is 0 Å². The van der Waals surface area contributed by atoms with Crippen LogP contribution in [-0.2, 0) is 0 Å². The van der Waals surface area contributed by atoms with Crippen LogP contribution in [0.4, 0.5) is 5.95 Å². The maximum absolute atomic E-state index is 5.94. The first kappa shape index (κ1) is 10.2. The van der Waals surface area contributed by atoms with Crippen molar-refractivity contribution in [2.75, 3.05) is 5.73 Å². The topological polar surface area (TPSA) is 43.8 Å². The molecular weight excluding hydrogens is 234 g/mol. The molecule has 0 amide bonds. The number of benzene rings is 2. The van der Waals surface area contributed by atoms with E-state index in [-0.39, 0.29) is 0 Å². The number of aromatic nitrogens is 2. The largest absolute Gasteiger partial charge is 0.369 e. The van der Waals surface area contributed by atoms with Gasteiger partial charge in [0.2, 0.25) is 5.95 Å². The third-order valence-electron chi connectivity index (χ3n) is 2.66. The van der Waals surface area contributed by atoms with Gasteiger partial charge in [-0.1, -0.05) is 29.8 Å². The van der Waals surface area contributed by atoms with E-state index in [1.807, 2.05) is 53.1 Å². The SMILES string of the molecule is Nc1nc2cc(Cl)ccc2n1-c1ccccc1. The van der Waals surface area contributed by atoms with Gasteiger partial charge in [-0.3, -0.25) is 4.57 Å². The molecule has 0 radical (unpaired) electrons. The Balaban J connectivity index is 2.33. The minimum Gasteiger partial charge on any atom is -0.369 e. The van der Waals surface area contributed by atoms with Crippen molar-refractivity contribution in [1.82, 2.24) is 9.55 Å². The van der Waals surface area contributed by atoms with Crippen molar-refractivity contribution in [2.45, 2.75) is 0 Å². The molecule has 1 heterocycles. The summed E-state index contributed by atoms with van der Waals surface area (Å²) in [5.74, 6) is 0.466. The van der Waals surface area contributed by atoms with E-state index in [9.17, 15) is 0 Å². The van der Waals surface area contributed by atoms with Gasteiger partial charge >= 0.3 is 0 Å². The monoisotopic (exact) mass is 243 g/mol. The summed E-state index contributed by atoms with van der Waals surface area (Å²) in [6.45, 7) is 0. The molecule has 0 fully saturated rings. The Kier molecular flexibility index (Phi) is 2.27. The fraction of sp³-hybridized carbons (Fsp3) is 0. The number of imidazole rings is 1. The summed E-state index contributed by atoms with van der Waals surface area (Å²) >= 11 is 5.94. The predicted molar refractivity (Wildman–Crippen MR) is 70.5 cm³/mol. The third kappa shape index (κ3) is 1.65. The van der Waals surface area contributed by atoms with E-state index in [1.54, 1.807) is 0 Å². The van der Waals surface area contributed by atoms with Gasteiger partial charge in [0.1, 0.15) is 0 Å². The van der Waals surface area contributed by atoms with Crippen molar-refractivity contribution >= 4 is 28.6 Å². The molecule has 0 aliphatic rings. The molecule has 0 aliphatic heterocycles. The molecule has 0 saturated heterocycles. The molecular formula is C13H10ClN3. The highest BCUT2D eigenvalue weighted by molar-refractivity contribution is 6.31. The Morgan fingerprint density at radius 1 is 1.06 bits per heavy atom. The summed E-state index contributed by atoms with van der Waals surface area (Å²) < 4.78 is 1.91. The number of nitrogens with two attached hydrogens (primary N) is 1. The summed E-state index contributed by atoms with van der Waals surface area (Å²) in [6.07, 6.45) is 0. The molecule has 2 aromatic carbocycles. The molecule has 3 rings (SSSR count). The van der Waals surface area contributed by atoms with Gasteiger partial charge in [-0.25, -0.2) is 4.98 Å². The Morgan fingerprint density at radius 2 is 1.82 bits per heavy atom. The second kappa shape index (κ2) is 3.79. The summed E-state index contributed by atoms with van der Waals surface area (Å²) in [6, 6.07) is 15.5. The lowest BCUT2D eigenvalue weighted by Gasteiger charge is -2.05. The van der Waals surface area contributed by atoms with E-state index in [4.69, 9.17) is 17.3 Å². The molecule has 0 saturated carbocycles. The van der Waals surface area contributed by atoms with Gasteiger partial charge in [0.05, 0.1) is 11.0 Å². The maximum Gasteiger partial charge on any atom is 0.205 e. The number of halogens is 1. The first-order chi connectivity index (χ1) is 8.25. The number of hydrogen-bond acceptors (Lipinski definition) is 2. The van der Waals surface area contributed by atoms with E-state index in [0.717, 1.165) is 16.7 Å². The summed E-state index contributed by atoms with van der Waals surface area (Å²) in [5, 5.41) is 0.662. The van der Waals surface area contributed by atoms with Gasteiger partial charge in [0, 0.05) is 10.7 Å². The van der Waals surface area contributed by atoms with Crippen molar-refractivity contribution in [1.29, 1.82) is 0 Å². The lowest BCUT2D eigenvalue weighted by atomic mass is 10.3. The minimum atomic E-state index is 0.466. The second-order valence-corrected chi connectivity index (χ2v) is 4.21. The summed E-state index contributed by atoms with van der Waals surface area (Å²) in [7, 11) is 0. The Hall–Kier alpha value is -2.00. The summed E-state index contributed by atoms with van der Waals surface area (Å²) in [5.41, 5.74) is 8.70. The van der Waals surface area contributed by atoms with Crippen LogP contribution in [0, 0.1) is 0 Å². The van der Waals surface area contributed by atoms with Crippen LogP contribution in [0.2, 0.25) is 5.02 Å². The van der Waals surface area contributed by atoms with Crippen molar-refractivity contribution in [3.05, 3.63) is 53.6 Å². The van der Waals surface area contributed by atoms with E-state index < -0.39 is 0 Å². The van der Waals surface area contributed by atoms with E-state index in [0.29, 0.717) is 11.0 Å². The maximum atomic E-state index is 5.94. The second-order valence-electron chi connectivity index (χ2n) is 3.77. The molecule has 4 heteroatoms. The zero-order valence-corrected chi connectivity index (χ0v) is 9.72. The van der Waals surface area contributed by atoms with Gasteiger partial charge < -0.3 is 5.73 Å². The molecule has 0 atom stereocenters. The highest BCUT2D eigenvalue weighted by Crippen LogP contribution is 2.25. The van der Waals surface area contributed by atoms with Crippen LogP contribution in [-0.4, -0.2) is 9.55 Å². The van der Waals surface area contributed by atoms with Crippen LogP contribution in [0.5, 0.6) is 0 Å². The summed E-state index contributed by atoms with van der Waals surface area (Å²) in [4.78, 5) is 4.31. The van der Waals surface area contributed by atoms with Crippen LogP contribution in [0.1, 0.15) is 0 Å². The molecule has 0 spiro atoms. The quantitative estimate of drug-likeness (QED) is 0.713. The third-order valence-corrected chi connectivity index (χ3v) is 2.89. The standard InChI is InChI=1S/C13H10ClN3/c14-9-6-7-12-11(8-9)16-13(15)17(12)10-4-2-1-3-5-10/h1-8H,(H2,15,16). The van der Waals surface area contributed by atoms with Crippen LogP contribution in [0.15, 0.2) is 48.5 Å². The van der Waals surface area contributed by atoms with Crippen molar-refractivity contribution < 1.29 is 0 Å². The molecule has 0 aliphatic carbocycles. The minimum absolute atomic E-state index is 0.466. The van der Waals surface area contributed by atoms with Crippen LogP contribution >= 0.6 is 11.6 Å². The number of anilines is 1. The molecule has 84 valence electrons. The smallest absolute Gasteiger partial charge is 0.205 e. The van der Waals surface area contributed by atoms with Crippen LogP contribution < -0.4 is 5.73 Å². The van der Waals surface area contributed by atoms with E-state index in [2.05, 4.69) is 4.98 Å². The zero-order chi connectivity index (χ0) is 11.8. The normalized spacial score (nSPS) is 10.9. The first-order valence-electron chi connectivity index (χ1n) is 5.24. The molecule has 3 aromatic rings. The molecule has 1 aromatic heterocycles. The Labute approximate surface area is 103 Å². The number of nitrogens with zero attached hydrogens (tertiary/aromatic N) is 2. The number of para-hydroxylation sites is 1. The Bertz CT molecular complexity index is 674. The lowest BCUT2D eigenvalue weighted by Crippen LogP contribution is -1.99. The highest BCUT2D eigenvalue weighted by atomic mass is 35.5. The fourth-order valence-electron chi connectivity index (χ4n) is 1.92. The number of nitrogen functional groups attached to an aromatic ring is 1. The van der Waals surface area contributed by atoms with E-state index >= 15 is 0 Å². The first-order valence-corrected chi connectivity index (χ1v) is 5.62. The van der Waals surface area contributed by atoms with Gasteiger partial charge in [0.15, 0.2) is 0 Å². The number of fused-ring (bicyclic) bond motifs is 1. The van der Waals surface area contributed by atoms with Crippen molar-refractivity contribution in [3.63, 3.8) is 0 Å².